The molecule has 1 aliphatic carbocycles. The third kappa shape index (κ3) is 2.20. The lowest BCUT2D eigenvalue weighted by molar-refractivity contribution is -0.162. The first-order valence-electron chi connectivity index (χ1n) is 3.83. The predicted molar refractivity (Wildman–Crippen MR) is 46.2 cm³/mol. The van der Waals surface area contributed by atoms with Gasteiger partial charge in [0.2, 0.25) is 0 Å². The van der Waals surface area contributed by atoms with Gasteiger partial charge in [-0.05, 0) is 6.42 Å². The molecule has 0 heterocycles. The van der Waals surface area contributed by atoms with Crippen LogP contribution in [0.1, 0.15) is 6.42 Å². The van der Waals surface area contributed by atoms with Crippen LogP contribution in [0.25, 0.3) is 0 Å². The molecule has 0 N–H and O–H groups in total. The van der Waals surface area contributed by atoms with E-state index in [0.717, 1.165) is 6.42 Å². The summed E-state index contributed by atoms with van der Waals surface area (Å²) >= 11 is 0. The first-order valence-corrected chi connectivity index (χ1v) is 3.83. The molecule has 0 aromatic heterocycles. The van der Waals surface area contributed by atoms with Crippen LogP contribution in [0, 0.1) is 5.92 Å². The number of carbonyl (C=O) groups excluding carboxylic acids is 1. The Morgan fingerprint density at radius 1 is 1.83 bits per heavy atom. The molecule has 1 atom stereocenters. The van der Waals surface area contributed by atoms with Gasteiger partial charge in [0.1, 0.15) is 0 Å². The fourth-order valence-electron chi connectivity index (χ4n) is 0.821. The Morgan fingerprint density at radius 3 is 2.83 bits per heavy atom. The Kier molecular flexibility index (Phi) is 2.65. The SMILES string of the molecule is C=C1CC1/C=C/C(=O)N(C)OC. The fraction of sp³-hybridized carbons (Fsp3) is 0.444. The monoisotopic (exact) mass is 167 g/mol. The summed E-state index contributed by atoms with van der Waals surface area (Å²) in [6.07, 6.45) is 4.40. The van der Waals surface area contributed by atoms with E-state index < -0.39 is 0 Å². The predicted octanol–water partition coefficient (Wildman–Crippen LogP) is 1.14. The molecule has 1 amide bonds. The number of hydroxylamine groups is 2. The second kappa shape index (κ2) is 3.54. The highest BCUT2D eigenvalue weighted by Gasteiger charge is 2.24. The van der Waals surface area contributed by atoms with Crippen molar-refractivity contribution in [2.75, 3.05) is 14.2 Å². The molecule has 0 bridgehead atoms. The van der Waals surface area contributed by atoms with Crippen LogP contribution in [-0.4, -0.2) is 25.1 Å². The molecule has 1 fully saturated rings. The number of amides is 1. The molecule has 3 heteroatoms. The Hall–Kier alpha value is -1.09. The second-order valence-electron chi connectivity index (χ2n) is 2.85. The minimum Gasteiger partial charge on any atom is -0.274 e. The molecule has 0 aromatic carbocycles. The van der Waals surface area contributed by atoms with E-state index in [1.807, 2.05) is 6.08 Å². The number of carbonyl (C=O) groups is 1. The van der Waals surface area contributed by atoms with E-state index in [1.54, 1.807) is 7.05 Å². The van der Waals surface area contributed by atoms with Gasteiger partial charge in [-0.3, -0.25) is 9.63 Å². The first kappa shape index (κ1) is 9.00. The van der Waals surface area contributed by atoms with Crippen LogP contribution < -0.4 is 0 Å². The molecule has 0 aromatic rings. The van der Waals surface area contributed by atoms with Crippen LogP contribution in [0.5, 0.6) is 0 Å². The van der Waals surface area contributed by atoms with E-state index in [9.17, 15) is 4.79 Å². The van der Waals surface area contributed by atoms with Crippen molar-refractivity contribution in [2.45, 2.75) is 6.42 Å². The van der Waals surface area contributed by atoms with E-state index in [1.165, 1.54) is 23.8 Å². The molecule has 3 nitrogen and oxygen atoms in total. The van der Waals surface area contributed by atoms with Crippen molar-refractivity contribution in [3.05, 3.63) is 24.3 Å². The summed E-state index contributed by atoms with van der Waals surface area (Å²) in [5, 5.41) is 1.18. The van der Waals surface area contributed by atoms with Crippen LogP contribution in [0.3, 0.4) is 0 Å². The first-order chi connectivity index (χ1) is 5.65. The summed E-state index contributed by atoms with van der Waals surface area (Å²) in [6, 6.07) is 0. The van der Waals surface area contributed by atoms with Crippen molar-refractivity contribution in [3.8, 4) is 0 Å². The zero-order chi connectivity index (χ0) is 9.14. The lowest BCUT2D eigenvalue weighted by Crippen LogP contribution is -2.23. The van der Waals surface area contributed by atoms with Crippen molar-refractivity contribution < 1.29 is 9.63 Å². The minimum absolute atomic E-state index is 0.141. The van der Waals surface area contributed by atoms with Gasteiger partial charge in [0.25, 0.3) is 5.91 Å². The van der Waals surface area contributed by atoms with E-state index >= 15 is 0 Å². The van der Waals surface area contributed by atoms with Crippen LogP contribution >= 0.6 is 0 Å². The number of allylic oxidation sites excluding steroid dienone is 2. The largest absolute Gasteiger partial charge is 0.274 e. The standard InChI is InChI=1S/C9H13NO2/c1-7-6-8(7)4-5-9(11)10(2)12-3/h4-5,8H,1,6H2,2-3H3/b5-4+. The zero-order valence-corrected chi connectivity index (χ0v) is 7.41. The van der Waals surface area contributed by atoms with E-state index in [0.29, 0.717) is 5.92 Å². The average Bonchev–Trinajstić information content (AvgIpc) is 2.76. The summed E-state index contributed by atoms with van der Waals surface area (Å²) in [7, 11) is 3.04. The van der Waals surface area contributed by atoms with Gasteiger partial charge in [0.05, 0.1) is 7.11 Å². The van der Waals surface area contributed by atoms with Crippen LogP contribution in [0.2, 0.25) is 0 Å². The molecule has 1 saturated carbocycles. The lowest BCUT2D eigenvalue weighted by atomic mass is 10.3. The molecular formula is C9H13NO2. The Balaban J connectivity index is 2.35. The Morgan fingerprint density at radius 2 is 2.42 bits per heavy atom. The van der Waals surface area contributed by atoms with Crippen molar-refractivity contribution in [1.82, 2.24) is 5.06 Å². The molecule has 1 unspecified atom stereocenters. The molecule has 1 rings (SSSR count). The van der Waals surface area contributed by atoms with E-state index in [-0.39, 0.29) is 5.91 Å². The maximum atomic E-state index is 11.1. The molecule has 1 aliphatic rings. The lowest BCUT2D eigenvalue weighted by Gasteiger charge is -2.09. The molecule has 66 valence electrons. The van der Waals surface area contributed by atoms with Gasteiger partial charge in [-0.1, -0.05) is 18.2 Å². The van der Waals surface area contributed by atoms with E-state index in [4.69, 9.17) is 4.84 Å². The van der Waals surface area contributed by atoms with Gasteiger partial charge in [-0.15, -0.1) is 0 Å². The topological polar surface area (TPSA) is 29.5 Å². The summed E-state index contributed by atoms with van der Waals surface area (Å²) in [5.41, 5.74) is 1.19. The summed E-state index contributed by atoms with van der Waals surface area (Å²) < 4.78 is 0. The second-order valence-corrected chi connectivity index (χ2v) is 2.85. The maximum Gasteiger partial charge on any atom is 0.269 e. The maximum absolute atomic E-state index is 11.1. The van der Waals surface area contributed by atoms with Gasteiger partial charge in [0.15, 0.2) is 0 Å². The van der Waals surface area contributed by atoms with Gasteiger partial charge in [-0.25, -0.2) is 5.06 Å². The third-order valence-corrected chi connectivity index (χ3v) is 1.90. The summed E-state index contributed by atoms with van der Waals surface area (Å²) in [4.78, 5) is 15.8. The molecular weight excluding hydrogens is 154 g/mol. The third-order valence-electron chi connectivity index (χ3n) is 1.90. The van der Waals surface area contributed by atoms with Crippen molar-refractivity contribution in [1.29, 1.82) is 0 Å². The van der Waals surface area contributed by atoms with Gasteiger partial charge in [-0.2, -0.15) is 0 Å². The highest BCUT2D eigenvalue weighted by Crippen LogP contribution is 2.36. The van der Waals surface area contributed by atoms with Crippen LogP contribution in [0.15, 0.2) is 24.3 Å². The highest BCUT2D eigenvalue weighted by molar-refractivity contribution is 5.86. The van der Waals surface area contributed by atoms with Gasteiger partial charge < -0.3 is 0 Å². The number of hydrogen-bond donors (Lipinski definition) is 0. The quantitative estimate of drug-likeness (QED) is 0.358. The molecule has 0 spiro atoms. The van der Waals surface area contributed by atoms with Crippen LogP contribution in [-0.2, 0) is 9.63 Å². The smallest absolute Gasteiger partial charge is 0.269 e. The molecule has 0 aliphatic heterocycles. The molecule has 0 saturated heterocycles. The van der Waals surface area contributed by atoms with Gasteiger partial charge in [0, 0.05) is 19.0 Å². The summed E-state index contributed by atoms with van der Waals surface area (Å²) in [6.45, 7) is 3.78. The zero-order valence-electron chi connectivity index (χ0n) is 7.41. The highest BCUT2D eigenvalue weighted by atomic mass is 16.7. The van der Waals surface area contributed by atoms with Crippen molar-refractivity contribution in [3.63, 3.8) is 0 Å². The number of nitrogens with zero attached hydrogens (tertiary/aromatic N) is 1. The number of likely N-dealkylation sites (N-methyl/N-ethyl adjacent to an activating group) is 1. The van der Waals surface area contributed by atoms with E-state index in [2.05, 4.69) is 6.58 Å². The number of hydrogen-bond acceptors (Lipinski definition) is 2. The Bertz CT molecular complexity index is 233. The van der Waals surface area contributed by atoms with Crippen molar-refractivity contribution >= 4 is 5.91 Å². The van der Waals surface area contributed by atoms with Crippen molar-refractivity contribution in [2.24, 2.45) is 5.92 Å². The minimum atomic E-state index is -0.141. The summed E-state index contributed by atoms with van der Waals surface area (Å²) in [5.74, 6) is 0.274. The van der Waals surface area contributed by atoms with Gasteiger partial charge >= 0.3 is 0 Å². The Labute approximate surface area is 72.3 Å². The number of rotatable bonds is 3. The molecule has 0 radical (unpaired) electrons. The fourth-order valence-corrected chi connectivity index (χ4v) is 0.821. The average molecular weight is 167 g/mol. The molecule has 12 heavy (non-hydrogen) atoms. The normalized spacial score (nSPS) is 21.5. The van der Waals surface area contributed by atoms with Crippen LogP contribution in [0.4, 0.5) is 0 Å².